The molecule has 0 spiro atoms. The van der Waals surface area contributed by atoms with Crippen LogP contribution in [0.15, 0.2) is 24.3 Å². The first-order valence-electron chi connectivity index (χ1n) is 7.53. The maximum atomic E-state index is 12.1. The fourth-order valence-corrected chi connectivity index (χ4v) is 2.58. The lowest BCUT2D eigenvalue weighted by Gasteiger charge is -2.19. The number of carbonyl (C=O) groups is 2. The van der Waals surface area contributed by atoms with Gasteiger partial charge in [-0.3, -0.25) is 14.5 Å². The van der Waals surface area contributed by atoms with Crippen LogP contribution in [0.2, 0.25) is 0 Å². The van der Waals surface area contributed by atoms with Crippen molar-refractivity contribution in [2.24, 2.45) is 0 Å². The summed E-state index contributed by atoms with van der Waals surface area (Å²) in [7, 11) is 0. The van der Waals surface area contributed by atoms with Crippen molar-refractivity contribution in [1.82, 2.24) is 4.90 Å². The molecular formula is C16H23N3O2. The van der Waals surface area contributed by atoms with Gasteiger partial charge in [-0.25, -0.2) is 0 Å². The van der Waals surface area contributed by atoms with Gasteiger partial charge in [0.05, 0.1) is 6.54 Å². The maximum Gasteiger partial charge on any atom is 0.238 e. The van der Waals surface area contributed by atoms with E-state index in [1.54, 1.807) is 12.1 Å². The van der Waals surface area contributed by atoms with Crippen molar-refractivity contribution in [2.45, 2.75) is 32.6 Å². The third-order valence-corrected chi connectivity index (χ3v) is 3.53. The lowest BCUT2D eigenvalue weighted by atomic mass is 10.2. The average Bonchev–Trinajstić information content (AvgIpc) is 2.66. The molecule has 2 N–H and O–H groups in total. The second-order valence-corrected chi connectivity index (χ2v) is 5.50. The van der Waals surface area contributed by atoms with E-state index in [0.717, 1.165) is 13.1 Å². The molecule has 5 heteroatoms. The molecule has 0 radical (unpaired) electrons. The Morgan fingerprint density at radius 2 is 1.67 bits per heavy atom. The van der Waals surface area contributed by atoms with Crippen molar-refractivity contribution in [1.29, 1.82) is 0 Å². The lowest BCUT2D eigenvalue weighted by molar-refractivity contribution is -0.117. The van der Waals surface area contributed by atoms with Crippen molar-refractivity contribution in [3.63, 3.8) is 0 Å². The van der Waals surface area contributed by atoms with Gasteiger partial charge in [-0.1, -0.05) is 18.9 Å². The van der Waals surface area contributed by atoms with Crippen LogP contribution in [-0.4, -0.2) is 36.3 Å². The van der Waals surface area contributed by atoms with E-state index in [0.29, 0.717) is 17.9 Å². The molecule has 0 saturated carbocycles. The van der Waals surface area contributed by atoms with Crippen LogP contribution in [-0.2, 0) is 9.59 Å². The van der Waals surface area contributed by atoms with Gasteiger partial charge < -0.3 is 10.6 Å². The number of rotatable bonds is 4. The zero-order valence-corrected chi connectivity index (χ0v) is 12.5. The molecule has 5 nitrogen and oxygen atoms in total. The molecule has 2 rings (SSSR count). The minimum atomic E-state index is -0.122. The summed E-state index contributed by atoms with van der Waals surface area (Å²) >= 11 is 0. The second-order valence-electron chi connectivity index (χ2n) is 5.50. The van der Waals surface area contributed by atoms with E-state index in [-0.39, 0.29) is 11.8 Å². The maximum absolute atomic E-state index is 12.1. The third kappa shape index (κ3) is 5.55. The average molecular weight is 289 g/mol. The van der Waals surface area contributed by atoms with Gasteiger partial charge in [0, 0.05) is 18.3 Å². The predicted octanol–water partition coefficient (Wildman–Crippen LogP) is 2.46. The fraction of sp³-hybridized carbons (Fsp3) is 0.500. The Balaban J connectivity index is 1.88. The number of likely N-dealkylation sites (tertiary alicyclic amines) is 1. The second kappa shape index (κ2) is 7.78. The van der Waals surface area contributed by atoms with Gasteiger partial charge in [-0.2, -0.15) is 0 Å². The Hall–Kier alpha value is -1.88. The molecule has 0 bridgehead atoms. The summed E-state index contributed by atoms with van der Waals surface area (Å²) in [4.78, 5) is 25.3. The molecule has 21 heavy (non-hydrogen) atoms. The Labute approximate surface area is 125 Å². The fourth-order valence-electron chi connectivity index (χ4n) is 2.58. The van der Waals surface area contributed by atoms with Gasteiger partial charge in [-0.15, -0.1) is 0 Å². The van der Waals surface area contributed by atoms with E-state index in [1.807, 2.05) is 12.1 Å². The molecule has 2 amide bonds. The summed E-state index contributed by atoms with van der Waals surface area (Å²) in [5.74, 6) is -0.125. The summed E-state index contributed by atoms with van der Waals surface area (Å²) in [5.41, 5.74) is 1.40. The Morgan fingerprint density at radius 3 is 2.29 bits per heavy atom. The van der Waals surface area contributed by atoms with Gasteiger partial charge in [0.1, 0.15) is 0 Å². The molecule has 1 fully saturated rings. The number of benzene rings is 1. The van der Waals surface area contributed by atoms with Gasteiger partial charge in [0.2, 0.25) is 11.8 Å². The first kappa shape index (κ1) is 15.5. The van der Waals surface area contributed by atoms with Crippen LogP contribution in [0, 0.1) is 0 Å². The molecular weight excluding hydrogens is 266 g/mol. The SMILES string of the molecule is CC(=O)Nc1cccc(NC(=O)CN2CCCCCC2)c1. The van der Waals surface area contributed by atoms with E-state index in [1.165, 1.54) is 32.6 Å². The number of nitrogens with one attached hydrogen (secondary N) is 2. The van der Waals surface area contributed by atoms with Crippen LogP contribution in [0.5, 0.6) is 0 Å². The molecule has 1 aliphatic rings. The van der Waals surface area contributed by atoms with E-state index >= 15 is 0 Å². The van der Waals surface area contributed by atoms with Gasteiger partial charge >= 0.3 is 0 Å². The smallest absolute Gasteiger partial charge is 0.238 e. The van der Waals surface area contributed by atoms with Gasteiger partial charge in [0.15, 0.2) is 0 Å². The summed E-state index contributed by atoms with van der Waals surface area (Å²) in [6.07, 6.45) is 4.87. The number of amides is 2. The molecule has 1 aliphatic heterocycles. The number of carbonyl (C=O) groups excluding carboxylic acids is 2. The van der Waals surface area contributed by atoms with E-state index in [2.05, 4.69) is 15.5 Å². The predicted molar refractivity (Wildman–Crippen MR) is 84.3 cm³/mol. The van der Waals surface area contributed by atoms with E-state index in [9.17, 15) is 9.59 Å². The van der Waals surface area contributed by atoms with Crippen LogP contribution in [0.3, 0.4) is 0 Å². The Morgan fingerprint density at radius 1 is 1.05 bits per heavy atom. The Bertz CT molecular complexity index is 494. The first-order valence-corrected chi connectivity index (χ1v) is 7.53. The molecule has 1 aromatic rings. The van der Waals surface area contributed by atoms with Crippen molar-refractivity contribution < 1.29 is 9.59 Å². The normalized spacial score (nSPS) is 16.0. The number of hydrogen-bond acceptors (Lipinski definition) is 3. The van der Waals surface area contributed by atoms with Crippen LogP contribution in [0.25, 0.3) is 0 Å². The van der Waals surface area contributed by atoms with Crippen LogP contribution in [0.1, 0.15) is 32.6 Å². The molecule has 0 aromatic heterocycles. The molecule has 1 saturated heterocycles. The summed E-state index contributed by atoms with van der Waals surface area (Å²) < 4.78 is 0. The van der Waals surface area contributed by atoms with Crippen molar-refractivity contribution in [3.8, 4) is 0 Å². The molecule has 0 aliphatic carbocycles. The minimum Gasteiger partial charge on any atom is -0.326 e. The minimum absolute atomic E-state index is 0.00289. The number of hydrogen-bond donors (Lipinski definition) is 2. The van der Waals surface area contributed by atoms with Crippen molar-refractivity contribution >= 4 is 23.2 Å². The van der Waals surface area contributed by atoms with Crippen LogP contribution >= 0.6 is 0 Å². The van der Waals surface area contributed by atoms with E-state index in [4.69, 9.17) is 0 Å². The van der Waals surface area contributed by atoms with E-state index < -0.39 is 0 Å². The van der Waals surface area contributed by atoms with Crippen molar-refractivity contribution in [2.75, 3.05) is 30.3 Å². The first-order chi connectivity index (χ1) is 10.1. The highest BCUT2D eigenvalue weighted by molar-refractivity contribution is 5.94. The largest absolute Gasteiger partial charge is 0.326 e. The summed E-state index contributed by atoms with van der Waals surface area (Å²) in [6, 6.07) is 7.20. The number of anilines is 2. The van der Waals surface area contributed by atoms with Crippen LogP contribution in [0.4, 0.5) is 11.4 Å². The summed E-state index contributed by atoms with van der Waals surface area (Å²) in [5, 5.41) is 5.60. The third-order valence-electron chi connectivity index (χ3n) is 3.53. The highest BCUT2D eigenvalue weighted by Gasteiger charge is 2.13. The summed E-state index contributed by atoms with van der Waals surface area (Å²) in [6.45, 7) is 3.90. The standard InChI is InChI=1S/C16H23N3O2/c1-13(20)17-14-7-6-8-15(11-14)18-16(21)12-19-9-4-2-3-5-10-19/h6-8,11H,2-5,9-10,12H2,1H3,(H,17,20)(H,18,21). The molecule has 1 aromatic carbocycles. The van der Waals surface area contributed by atoms with Gasteiger partial charge in [0.25, 0.3) is 0 Å². The number of nitrogens with zero attached hydrogens (tertiary/aromatic N) is 1. The quantitative estimate of drug-likeness (QED) is 0.895. The monoisotopic (exact) mass is 289 g/mol. The topological polar surface area (TPSA) is 61.4 Å². The lowest BCUT2D eigenvalue weighted by Crippen LogP contribution is -2.33. The highest BCUT2D eigenvalue weighted by Crippen LogP contribution is 2.15. The molecule has 0 unspecified atom stereocenters. The molecule has 114 valence electrons. The van der Waals surface area contributed by atoms with Crippen molar-refractivity contribution in [3.05, 3.63) is 24.3 Å². The zero-order chi connectivity index (χ0) is 15.1. The van der Waals surface area contributed by atoms with Crippen LogP contribution < -0.4 is 10.6 Å². The highest BCUT2D eigenvalue weighted by atomic mass is 16.2. The Kier molecular flexibility index (Phi) is 5.75. The molecule has 1 heterocycles. The van der Waals surface area contributed by atoms with Gasteiger partial charge in [-0.05, 0) is 44.1 Å². The zero-order valence-electron chi connectivity index (χ0n) is 12.5. The molecule has 0 atom stereocenters.